The zero-order valence-electron chi connectivity index (χ0n) is 16.7. The van der Waals surface area contributed by atoms with E-state index >= 15 is 0 Å². The van der Waals surface area contributed by atoms with Gasteiger partial charge < -0.3 is 9.79 Å². The highest BCUT2D eigenvalue weighted by molar-refractivity contribution is 7.52. The van der Waals surface area contributed by atoms with Crippen LogP contribution < -0.4 is 0 Å². The molecule has 0 aromatic heterocycles. The second-order valence-corrected chi connectivity index (χ2v) is 9.76. The first kappa shape index (κ1) is 23.7. The zero-order valence-corrected chi connectivity index (χ0v) is 19.1. The number of benzene rings is 3. The maximum atomic E-state index is 12.1. The van der Waals surface area contributed by atoms with E-state index in [1.54, 1.807) is 0 Å². The first-order valence-electron chi connectivity index (χ1n) is 9.54. The molecule has 9 heteroatoms. The van der Waals surface area contributed by atoms with Crippen molar-refractivity contribution >= 4 is 47.5 Å². The van der Waals surface area contributed by atoms with Gasteiger partial charge in [-0.3, -0.25) is 14.2 Å². The van der Waals surface area contributed by atoms with Crippen LogP contribution in [0.5, 0.6) is 0 Å². The molecule has 0 aliphatic rings. The number of halogens is 2. The lowest BCUT2D eigenvalue weighted by Crippen LogP contribution is -2.30. The minimum atomic E-state index is -4.52. The van der Waals surface area contributed by atoms with Crippen molar-refractivity contribution < 1.29 is 24.0 Å². The Morgan fingerprint density at radius 3 is 2.39 bits per heavy atom. The first-order chi connectivity index (χ1) is 14.6. The minimum absolute atomic E-state index is 0.00105. The van der Waals surface area contributed by atoms with E-state index in [-0.39, 0.29) is 30.5 Å². The number of carbonyl (C=O) groups excluding carboxylic acids is 1. The molecule has 1 atom stereocenters. The molecule has 1 amide bonds. The fraction of sp³-hybridized carbons (Fsp3) is 0.227. The maximum Gasteiger partial charge on any atom is 0.333 e. The lowest BCUT2D eigenvalue weighted by molar-refractivity contribution is -0.189. The standard InChI is InChI=1S/C22H22Cl2NO5P/c1-15(26)25(30-14-16-6-7-17-4-2-3-5-18(17)12-16)11-10-22(31(27,28)29)19-8-9-20(23)21(24)13-19/h2-9,12-13,22H,10-11,14H2,1H3,(H2,27,28,29). The van der Waals surface area contributed by atoms with Gasteiger partial charge in [0.1, 0.15) is 6.61 Å². The Labute approximate surface area is 190 Å². The molecule has 6 nitrogen and oxygen atoms in total. The molecule has 31 heavy (non-hydrogen) atoms. The molecule has 3 aromatic rings. The van der Waals surface area contributed by atoms with Gasteiger partial charge in [0.05, 0.1) is 15.7 Å². The smallest absolute Gasteiger partial charge is 0.324 e. The van der Waals surface area contributed by atoms with Crippen LogP contribution in [0.3, 0.4) is 0 Å². The van der Waals surface area contributed by atoms with Gasteiger partial charge in [0.15, 0.2) is 0 Å². The van der Waals surface area contributed by atoms with E-state index in [1.807, 2.05) is 42.5 Å². The maximum absolute atomic E-state index is 12.1. The summed E-state index contributed by atoms with van der Waals surface area (Å²) in [5, 5.41) is 3.77. The molecule has 3 aromatic carbocycles. The van der Waals surface area contributed by atoms with Crippen molar-refractivity contribution in [2.24, 2.45) is 0 Å². The van der Waals surface area contributed by atoms with Crippen LogP contribution in [0, 0.1) is 0 Å². The molecule has 0 spiro atoms. The number of hydrogen-bond acceptors (Lipinski definition) is 3. The predicted octanol–water partition coefficient (Wildman–Crippen LogP) is 5.74. The van der Waals surface area contributed by atoms with E-state index < -0.39 is 13.3 Å². The molecule has 0 fully saturated rings. The molecule has 0 saturated carbocycles. The first-order valence-corrected chi connectivity index (χ1v) is 12.0. The van der Waals surface area contributed by atoms with E-state index in [1.165, 1.54) is 25.1 Å². The van der Waals surface area contributed by atoms with Gasteiger partial charge in [0.25, 0.3) is 0 Å². The highest BCUT2D eigenvalue weighted by atomic mass is 35.5. The molecular formula is C22H22Cl2NO5P. The van der Waals surface area contributed by atoms with Gasteiger partial charge in [-0.15, -0.1) is 0 Å². The van der Waals surface area contributed by atoms with E-state index in [0.29, 0.717) is 10.6 Å². The fourth-order valence-corrected chi connectivity index (χ4v) is 4.59. The average molecular weight is 482 g/mol. The molecule has 0 radical (unpaired) electrons. The summed E-state index contributed by atoms with van der Waals surface area (Å²) < 4.78 is 12.1. The normalized spacial score (nSPS) is 12.7. The third-order valence-corrected chi connectivity index (χ3v) is 7.00. The van der Waals surface area contributed by atoms with Gasteiger partial charge >= 0.3 is 7.60 Å². The Hall–Kier alpha value is -1.92. The summed E-state index contributed by atoms with van der Waals surface area (Å²) in [5.74, 6) is -0.362. The van der Waals surface area contributed by atoms with Crippen LogP contribution in [-0.2, 0) is 20.8 Å². The van der Waals surface area contributed by atoms with Crippen LogP contribution in [0.1, 0.15) is 30.1 Å². The van der Waals surface area contributed by atoms with Crippen molar-refractivity contribution in [3.05, 3.63) is 81.8 Å². The number of rotatable bonds is 8. The molecule has 0 bridgehead atoms. The molecule has 0 heterocycles. The summed E-state index contributed by atoms with van der Waals surface area (Å²) in [5.41, 5.74) is 0.0788. The third-order valence-electron chi connectivity index (χ3n) is 4.89. The van der Waals surface area contributed by atoms with Gasteiger partial charge in [-0.05, 0) is 46.5 Å². The van der Waals surface area contributed by atoms with Gasteiger partial charge in [-0.25, -0.2) is 5.06 Å². The highest BCUT2D eigenvalue weighted by Gasteiger charge is 2.31. The monoisotopic (exact) mass is 481 g/mol. The molecule has 3 rings (SSSR count). The number of hydroxylamine groups is 2. The summed E-state index contributed by atoms with van der Waals surface area (Å²) in [4.78, 5) is 37.4. The Balaban J connectivity index is 1.70. The van der Waals surface area contributed by atoms with Gasteiger partial charge in [-0.1, -0.05) is 65.7 Å². The van der Waals surface area contributed by atoms with Crippen LogP contribution in [0.2, 0.25) is 10.0 Å². The summed E-state index contributed by atoms with van der Waals surface area (Å²) >= 11 is 11.9. The van der Waals surface area contributed by atoms with Gasteiger partial charge in [-0.2, -0.15) is 0 Å². The number of nitrogens with zero attached hydrogens (tertiary/aromatic N) is 1. The van der Waals surface area contributed by atoms with Crippen LogP contribution in [-0.4, -0.2) is 27.3 Å². The van der Waals surface area contributed by atoms with Crippen LogP contribution in [0.4, 0.5) is 0 Å². The van der Waals surface area contributed by atoms with Crippen molar-refractivity contribution in [3.63, 3.8) is 0 Å². The number of hydrogen-bond donors (Lipinski definition) is 2. The Kier molecular flexibility index (Phi) is 7.76. The van der Waals surface area contributed by atoms with E-state index in [0.717, 1.165) is 21.4 Å². The number of carbonyl (C=O) groups is 1. The van der Waals surface area contributed by atoms with Crippen molar-refractivity contribution in [1.82, 2.24) is 5.06 Å². The van der Waals surface area contributed by atoms with Crippen molar-refractivity contribution in [2.75, 3.05) is 6.54 Å². The molecule has 0 saturated heterocycles. The van der Waals surface area contributed by atoms with E-state index in [2.05, 4.69) is 0 Å². The van der Waals surface area contributed by atoms with Crippen LogP contribution >= 0.6 is 30.8 Å². The summed E-state index contributed by atoms with van der Waals surface area (Å²) in [6.45, 7) is 1.49. The van der Waals surface area contributed by atoms with E-state index in [9.17, 15) is 19.1 Å². The second kappa shape index (κ2) is 10.1. The van der Waals surface area contributed by atoms with Crippen molar-refractivity contribution in [2.45, 2.75) is 25.6 Å². The summed E-state index contributed by atoms with van der Waals surface area (Å²) in [6.07, 6.45) is -0.0143. The summed E-state index contributed by atoms with van der Waals surface area (Å²) in [6, 6.07) is 18.2. The number of fused-ring (bicyclic) bond motifs is 1. The molecular weight excluding hydrogens is 460 g/mol. The minimum Gasteiger partial charge on any atom is -0.324 e. The Morgan fingerprint density at radius 1 is 1.03 bits per heavy atom. The zero-order chi connectivity index (χ0) is 22.6. The van der Waals surface area contributed by atoms with Crippen LogP contribution in [0.15, 0.2) is 60.7 Å². The van der Waals surface area contributed by atoms with E-state index in [4.69, 9.17) is 28.0 Å². The largest absolute Gasteiger partial charge is 0.333 e. The lowest BCUT2D eigenvalue weighted by atomic mass is 10.1. The Bertz CT molecular complexity index is 1130. The van der Waals surface area contributed by atoms with Crippen molar-refractivity contribution in [3.8, 4) is 0 Å². The lowest BCUT2D eigenvalue weighted by Gasteiger charge is -2.25. The molecule has 0 aliphatic heterocycles. The summed E-state index contributed by atoms with van der Waals surface area (Å²) in [7, 11) is -4.52. The molecule has 0 aliphatic carbocycles. The predicted molar refractivity (Wildman–Crippen MR) is 122 cm³/mol. The number of amides is 1. The fourth-order valence-electron chi connectivity index (χ4n) is 3.28. The van der Waals surface area contributed by atoms with Crippen molar-refractivity contribution in [1.29, 1.82) is 0 Å². The van der Waals surface area contributed by atoms with Gasteiger partial charge in [0.2, 0.25) is 5.91 Å². The molecule has 1 unspecified atom stereocenters. The Morgan fingerprint density at radius 2 is 1.74 bits per heavy atom. The average Bonchev–Trinajstić information content (AvgIpc) is 2.71. The third kappa shape index (κ3) is 6.30. The van der Waals surface area contributed by atoms with Crippen LogP contribution in [0.25, 0.3) is 10.8 Å². The molecule has 164 valence electrons. The highest BCUT2D eigenvalue weighted by Crippen LogP contribution is 2.54. The second-order valence-electron chi connectivity index (χ2n) is 7.14. The quantitative estimate of drug-likeness (QED) is 0.316. The molecule has 2 N–H and O–H groups in total. The topological polar surface area (TPSA) is 87.1 Å². The SMILES string of the molecule is CC(=O)N(CCC(c1ccc(Cl)c(Cl)c1)P(=O)(O)O)OCc1ccc2ccccc2c1. The van der Waals surface area contributed by atoms with Gasteiger partial charge in [0, 0.05) is 13.5 Å².